The number of hydrogen-bond acceptors (Lipinski definition) is 3. The van der Waals surface area contributed by atoms with E-state index in [1.807, 2.05) is 0 Å². The van der Waals surface area contributed by atoms with Crippen molar-refractivity contribution in [3.05, 3.63) is 34.9 Å². The molecular weight excluding hydrogens is 394 g/mol. The predicted octanol–water partition coefficient (Wildman–Crippen LogP) is 7.02. The van der Waals surface area contributed by atoms with Gasteiger partial charge in [0.05, 0.1) is 6.61 Å². The smallest absolute Gasteiger partial charge is 0.328 e. The molecule has 0 saturated heterocycles. The summed E-state index contributed by atoms with van der Waals surface area (Å²) >= 11 is 0. The minimum atomic E-state index is -4.46. The fraction of sp³-hybridized carbons (Fsp3) is 0.714. The van der Waals surface area contributed by atoms with Gasteiger partial charge in [-0.15, -0.1) is 0 Å². The Morgan fingerprint density at radius 2 is 1.43 bits per heavy atom. The zero-order valence-corrected chi connectivity index (χ0v) is 20.3. The monoisotopic (exact) mass is 434 g/mol. The average Bonchev–Trinajstić information content (AvgIpc) is 2.52. The maximum Gasteiger partial charge on any atom is 0.338 e. The molecule has 0 aromatic carbocycles. The lowest BCUT2D eigenvalue weighted by Gasteiger charge is -2.24. The average molecular weight is 434 g/mol. The van der Waals surface area contributed by atoms with Crippen LogP contribution >= 0.6 is 15.0 Å². The highest BCUT2D eigenvalue weighted by molar-refractivity contribution is 7.74. The van der Waals surface area contributed by atoms with Gasteiger partial charge in [-0.05, 0) is 79.6 Å². The predicted molar refractivity (Wildman–Crippen MR) is 120 cm³/mol. The molecule has 0 amide bonds. The first kappa shape index (κ1) is 27.6. The van der Waals surface area contributed by atoms with Crippen LogP contribution in [0.5, 0.6) is 0 Å². The molecule has 0 aliphatic carbocycles. The molecule has 0 rings (SSSR count). The van der Waals surface area contributed by atoms with Crippen LogP contribution in [0.25, 0.3) is 0 Å². The van der Waals surface area contributed by atoms with Gasteiger partial charge in [0.1, 0.15) is 5.40 Å². The zero-order chi connectivity index (χ0) is 21.8. The van der Waals surface area contributed by atoms with E-state index in [0.717, 1.165) is 32.1 Å². The maximum atomic E-state index is 12.5. The van der Waals surface area contributed by atoms with Crippen LogP contribution in [0.15, 0.2) is 34.9 Å². The molecule has 0 saturated carbocycles. The third-order valence-corrected chi connectivity index (χ3v) is 9.90. The maximum absolute atomic E-state index is 12.5. The summed E-state index contributed by atoms with van der Waals surface area (Å²) < 4.78 is 29.3. The first-order valence-corrected chi connectivity index (χ1v) is 13.9. The van der Waals surface area contributed by atoms with Crippen LogP contribution in [-0.4, -0.2) is 28.5 Å². The number of unbranched alkanes of at least 4 members (excludes halogenated alkanes) is 1. The van der Waals surface area contributed by atoms with E-state index in [1.54, 1.807) is 6.92 Å². The second-order valence-corrected chi connectivity index (χ2v) is 12.7. The minimum Gasteiger partial charge on any atom is -0.328 e. The Labute approximate surface area is 172 Å². The van der Waals surface area contributed by atoms with Crippen molar-refractivity contribution in [2.75, 3.05) is 13.3 Å². The molecule has 0 aliphatic rings. The number of hydrogen-bond donors (Lipinski definition) is 2. The van der Waals surface area contributed by atoms with Crippen molar-refractivity contribution in [3.63, 3.8) is 0 Å². The minimum absolute atomic E-state index is 0.185. The molecule has 0 bridgehead atoms. The molecule has 2 atom stereocenters. The van der Waals surface area contributed by atoms with Gasteiger partial charge in [0, 0.05) is 6.66 Å². The highest BCUT2D eigenvalue weighted by Gasteiger charge is 2.41. The van der Waals surface area contributed by atoms with Gasteiger partial charge in [0.15, 0.2) is 0 Å². The largest absolute Gasteiger partial charge is 0.338 e. The van der Waals surface area contributed by atoms with Crippen LogP contribution < -0.4 is 0 Å². The second-order valence-electron chi connectivity index (χ2n) is 7.79. The Morgan fingerprint density at radius 3 is 1.89 bits per heavy atom. The van der Waals surface area contributed by atoms with Crippen molar-refractivity contribution >= 4 is 15.0 Å². The summed E-state index contributed by atoms with van der Waals surface area (Å²) in [5, 5.41) is -1.21. The van der Waals surface area contributed by atoms with Crippen molar-refractivity contribution in [2.24, 2.45) is 0 Å². The molecule has 2 unspecified atom stereocenters. The Balaban J connectivity index is 4.44. The molecule has 2 N–H and O–H groups in total. The van der Waals surface area contributed by atoms with Crippen molar-refractivity contribution in [2.45, 2.75) is 85.0 Å². The highest BCUT2D eigenvalue weighted by atomic mass is 31.2. The summed E-state index contributed by atoms with van der Waals surface area (Å²) in [6.07, 6.45) is 12.3. The highest BCUT2D eigenvalue weighted by Crippen LogP contribution is 2.64. The van der Waals surface area contributed by atoms with E-state index in [2.05, 4.69) is 45.9 Å². The second kappa shape index (κ2) is 13.7. The molecule has 0 radical (unpaired) electrons. The van der Waals surface area contributed by atoms with Gasteiger partial charge >= 0.3 is 7.60 Å². The van der Waals surface area contributed by atoms with Gasteiger partial charge in [0.25, 0.3) is 0 Å². The normalized spacial score (nSPS) is 16.6. The topological polar surface area (TPSA) is 83.8 Å². The molecule has 0 heterocycles. The third-order valence-electron chi connectivity index (χ3n) is 4.60. The summed E-state index contributed by atoms with van der Waals surface area (Å²) in [6.45, 7) is 11.7. The number of rotatable bonds is 14. The Kier molecular flexibility index (Phi) is 13.5. The Bertz CT molecular complexity index is 639. The van der Waals surface area contributed by atoms with Crippen LogP contribution in [0.3, 0.4) is 0 Å². The van der Waals surface area contributed by atoms with Gasteiger partial charge in [-0.25, -0.2) is 0 Å². The molecular formula is C21H40O5P2. The lowest BCUT2D eigenvalue weighted by Crippen LogP contribution is -2.11. The Hall–Kier alpha value is -0.440. The first-order chi connectivity index (χ1) is 12.9. The molecule has 28 heavy (non-hydrogen) atoms. The van der Waals surface area contributed by atoms with Crippen LogP contribution in [0, 0.1) is 0 Å². The third kappa shape index (κ3) is 12.9. The standard InChI is InChI=1S/C21H40O5P2/c1-7-26-27(6,22)21(28(23,24)25)17-9-8-13-19(4)15-11-16-20(5)14-10-12-18(2)3/h12-13,16,21H,7-11,14-15,17H2,1-6H3,(H2,23,24,25)/b19-13+,20-16+. The lowest BCUT2D eigenvalue weighted by molar-refractivity contribution is 0.321. The van der Waals surface area contributed by atoms with Crippen LogP contribution in [0.2, 0.25) is 0 Å². The van der Waals surface area contributed by atoms with E-state index in [9.17, 15) is 18.9 Å². The molecule has 0 spiro atoms. The van der Waals surface area contributed by atoms with E-state index < -0.39 is 20.4 Å². The van der Waals surface area contributed by atoms with Crippen LogP contribution in [0.4, 0.5) is 0 Å². The first-order valence-electron chi connectivity index (χ1n) is 10.1. The van der Waals surface area contributed by atoms with E-state index in [-0.39, 0.29) is 13.0 Å². The van der Waals surface area contributed by atoms with Gasteiger partial charge in [0.2, 0.25) is 7.37 Å². The fourth-order valence-corrected chi connectivity index (χ4v) is 7.25. The van der Waals surface area contributed by atoms with Crippen LogP contribution in [0.1, 0.15) is 79.6 Å². The Morgan fingerprint density at radius 1 is 0.929 bits per heavy atom. The molecule has 0 aliphatic heterocycles. The van der Waals surface area contributed by atoms with E-state index in [0.29, 0.717) is 6.42 Å². The van der Waals surface area contributed by atoms with Crippen molar-refractivity contribution < 1.29 is 23.4 Å². The summed E-state index contributed by atoms with van der Waals surface area (Å²) in [5.41, 5.74) is 4.03. The molecule has 5 nitrogen and oxygen atoms in total. The van der Waals surface area contributed by atoms with Gasteiger partial charge in [-0.1, -0.05) is 34.9 Å². The molecule has 164 valence electrons. The summed E-state index contributed by atoms with van der Waals surface area (Å²) in [6, 6.07) is 0. The molecule has 7 heteroatoms. The molecule has 0 aromatic rings. The quantitative estimate of drug-likeness (QED) is 0.174. The van der Waals surface area contributed by atoms with E-state index >= 15 is 0 Å². The summed E-state index contributed by atoms with van der Waals surface area (Å²) in [4.78, 5) is 19.1. The lowest BCUT2D eigenvalue weighted by atomic mass is 10.1. The van der Waals surface area contributed by atoms with E-state index in [1.165, 1.54) is 23.4 Å². The molecule has 0 fully saturated rings. The summed E-state index contributed by atoms with van der Waals surface area (Å²) in [5.74, 6) is 0. The zero-order valence-electron chi connectivity index (χ0n) is 18.5. The van der Waals surface area contributed by atoms with Gasteiger partial charge in [-0.3, -0.25) is 9.13 Å². The van der Waals surface area contributed by atoms with Gasteiger partial charge < -0.3 is 14.3 Å². The summed E-state index contributed by atoms with van der Waals surface area (Å²) in [7, 11) is -7.78. The fourth-order valence-electron chi connectivity index (χ4n) is 3.01. The van der Waals surface area contributed by atoms with Crippen molar-refractivity contribution in [1.82, 2.24) is 0 Å². The number of allylic oxidation sites excluding steroid dienone is 6. The SMILES string of the molecule is CCOP(C)(=O)C(CCC/C=C(\C)CC/C=C(\C)CCC=C(C)C)P(=O)(O)O. The van der Waals surface area contributed by atoms with Crippen molar-refractivity contribution in [3.8, 4) is 0 Å². The van der Waals surface area contributed by atoms with Gasteiger partial charge in [-0.2, -0.15) is 0 Å². The van der Waals surface area contributed by atoms with Crippen molar-refractivity contribution in [1.29, 1.82) is 0 Å². The molecule has 0 aromatic heterocycles. The van der Waals surface area contributed by atoms with Crippen LogP contribution in [-0.2, 0) is 13.7 Å². The van der Waals surface area contributed by atoms with E-state index in [4.69, 9.17) is 4.52 Å².